The van der Waals surface area contributed by atoms with Crippen molar-refractivity contribution >= 4 is 62.0 Å². The lowest BCUT2D eigenvalue weighted by atomic mass is 9.95. The highest BCUT2D eigenvalue weighted by Gasteiger charge is 2.29. The summed E-state index contributed by atoms with van der Waals surface area (Å²) in [6, 6.07) is 10.6. The van der Waals surface area contributed by atoms with Gasteiger partial charge in [-0.25, -0.2) is 18.1 Å². The van der Waals surface area contributed by atoms with Crippen molar-refractivity contribution in [2.45, 2.75) is 51.1 Å². The molecule has 2 heterocycles. The average Bonchev–Trinajstić information content (AvgIpc) is 3.52. The summed E-state index contributed by atoms with van der Waals surface area (Å²) in [6.45, 7) is 1.83. The van der Waals surface area contributed by atoms with E-state index in [1.807, 2.05) is 4.72 Å². The molecule has 2 fully saturated rings. The van der Waals surface area contributed by atoms with Crippen molar-refractivity contribution in [3.05, 3.63) is 57.6 Å². The van der Waals surface area contributed by atoms with Gasteiger partial charge in [-0.05, 0) is 55.5 Å². The van der Waals surface area contributed by atoms with Crippen molar-refractivity contribution in [3.8, 4) is 0 Å². The highest BCUT2D eigenvalue weighted by atomic mass is 35.5. The van der Waals surface area contributed by atoms with E-state index in [4.69, 9.17) is 28.2 Å². The Kier molecular flexibility index (Phi) is 8.07. The molecule has 3 aromatic rings. The van der Waals surface area contributed by atoms with Gasteiger partial charge in [-0.1, -0.05) is 48.2 Å². The first kappa shape index (κ1) is 27.7. The minimum Gasteiger partial charge on any atom is -0.353 e. The molecule has 1 saturated carbocycles. The standard InChI is InChI=1S/C27H31Cl2N5O4S/c1-39(37,38)32-26(36)18-8-6-17(7-9-18)16-34-24-15-22(29)21(28)14-23(24)31-27(34)33-12-10-19(11-13-33)25(35)30-20-4-2-3-5-20/h6-9,14-15,19-20H,2-5,10-13,16H2,1H3,(H,30,35)(H,32,36). The second-order valence-electron chi connectivity index (χ2n) is 10.4. The lowest BCUT2D eigenvalue weighted by Gasteiger charge is -2.33. The Labute approximate surface area is 237 Å². The molecule has 1 aliphatic heterocycles. The van der Waals surface area contributed by atoms with Crippen LogP contribution < -0.4 is 14.9 Å². The summed E-state index contributed by atoms with van der Waals surface area (Å²) in [6.07, 6.45) is 6.94. The number of carbonyl (C=O) groups is 2. The maximum atomic E-state index is 12.8. The zero-order chi connectivity index (χ0) is 27.7. The summed E-state index contributed by atoms with van der Waals surface area (Å²) in [5, 5.41) is 4.08. The van der Waals surface area contributed by atoms with Crippen LogP contribution in [0.25, 0.3) is 11.0 Å². The van der Waals surface area contributed by atoms with Crippen molar-refractivity contribution in [2.75, 3.05) is 24.2 Å². The molecule has 2 aromatic carbocycles. The summed E-state index contributed by atoms with van der Waals surface area (Å²) >= 11 is 12.7. The van der Waals surface area contributed by atoms with E-state index in [0.717, 1.165) is 49.0 Å². The van der Waals surface area contributed by atoms with Gasteiger partial charge in [0.25, 0.3) is 5.91 Å². The number of fused-ring (bicyclic) bond motifs is 1. The number of carbonyl (C=O) groups excluding carboxylic acids is 2. The number of hydrogen-bond donors (Lipinski definition) is 2. The van der Waals surface area contributed by atoms with Crippen molar-refractivity contribution in [1.82, 2.24) is 19.6 Å². The van der Waals surface area contributed by atoms with Crippen LogP contribution in [0.5, 0.6) is 0 Å². The molecule has 2 aliphatic rings. The number of aromatic nitrogens is 2. The second-order valence-corrected chi connectivity index (χ2v) is 13.0. The SMILES string of the molecule is CS(=O)(=O)NC(=O)c1ccc(Cn2c(N3CCC(C(=O)NC4CCCC4)CC3)nc3cc(Cl)c(Cl)cc32)cc1. The average molecular weight is 593 g/mol. The van der Waals surface area contributed by atoms with Crippen LogP contribution in [0.3, 0.4) is 0 Å². The van der Waals surface area contributed by atoms with E-state index in [1.54, 1.807) is 36.4 Å². The van der Waals surface area contributed by atoms with Gasteiger partial charge in [0.1, 0.15) is 0 Å². The number of benzene rings is 2. The normalized spacial score (nSPS) is 17.1. The maximum Gasteiger partial charge on any atom is 0.264 e. The van der Waals surface area contributed by atoms with Crippen LogP contribution in [-0.4, -0.2) is 55.2 Å². The number of hydrogen-bond acceptors (Lipinski definition) is 6. The van der Waals surface area contributed by atoms with Crippen molar-refractivity contribution in [1.29, 1.82) is 0 Å². The van der Waals surface area contributed by atoms with Gasteiger partial charge in [0.2, 0.25) is 21.9 Å². The van der Waals surface area contributed by atoms with Gasteiger partial charge in [0.05, 0.1) is 33.9 Å². The number of piperidine rings is 1. The van der Waals surface area contributed by atoms with E-state index in [0.29, 0.717) is 41.2 Å². The number of imidazole rings is 1. The number of rotatable bonds is 7. The number of nitrogens with one attached hydrogen (secondary N) is 2. The first-order valence-electron chi connectivity index (χ1n) is 13.1. The maximum absolute atomic E-state index is 12.8. The highest BCUT2D eigenvalue weighted by Crippen LogP contribution is 2.33. The molecule has 0 spiro atoms. The van der Waals surface area contributed by atoms with E-state index in [9.17, 15) is 18.0 Å². The second kappa shape index (κ2) is 11.3. The number of sulfonamides is 1. The van der Waals surface area contributed by atoms with Crippen LogP contribution in [0.15, 0.2) is 36.4 Å². The Balaban J connectivity index is 1.36. The monoisotopic (exact) mass is 591 g/mol. The number of halogens is 2. The Hall–Kier alpha value is -2.82. The molecule has 0 bridgehead atoms. The van der Waals surface area contributed by atoms with Crippen LogP contribution in [0.2, 0.25) is 10.0 Å². The molecular formula is C27H31Cl2N5O4S. The Morgan fingerprint density at radius 3 is 2.28 bits per heavy atom. The molecule has 2 N–H and O–H groups in total. The van der Waals surface area contributed by atoms with Gasteiger partial charge in [0, 0.05) is 30.6 Å². The van der Waals surface area contributed by atoms with Gasteiger partial charge in [0.15, 0.2) is 0 Å². The third-order valence-electron chi connectivity index (χ3n) is 7.46. The lowest BCUT2D eigenvalue weighted by Crippen LogP contribution is -2.43. The molecule has 0 radical (unpaired) electrons. The van der Waals surface area contributed by atoms with Crippen LogP contribution in [0.4, 0.5) is 5.95 Å². The fraction of sp³-hybridized carbons (Fsp3) is 0.444. The van der Waals surface area contributed by atoms with Crippen LogP contribution in [-0.2, 0) is 21.4 Å². The van der Waals surface area contributed by atoms with Gasteiger partial charge >= 0.3 is 0 Å². The van der Waals surface area contributed by atoms with Gasteiger partial charge in [-0.15, -0.1) is 0 Å². The molecule has 1 aromatic heterocycles. The van der Waals surface area contributed by atoms with Crippen molar-refractivity contribution < 1.29 is 18.0 Å². The predicted molar refractivity (Wildman–Crippen MR) is 153 cm³/mol. The minimum atomic E-state index is -3.65. The quantitative estimate of drug-likeness (QED) is 0.422. The molecule has 39 heavy (non-hydrogen) atoms. The smallest absolute Gasteiger partial charge is 0.264 e. The van der Waals surface area contributed by atoms with Crippen molar-refractivity contribution in [2.24, 2.45) is 5.92 Å². The molecule has 5 rings (SSSR count). The van der Waals surface area contributed by atoms with E-state index >= 15 is 0 Å². The Morgan fingerprint density at radius 1 is 1.00 bits per heavy atom. The minimum absolute atomic E-state index is 0.00538. The van der Waals surface area contributed by atoms with E-state index < -0.39 is 15.9 Å². The zero-order valence-corrected chi connectivity index (χ0v) is 23.9. The third kappa shape index (κ3) is 6.50. The van der Waals surface area contributed by atoms with Gasteiger partial charge in [-0.3, -0.25) is 9.59 Å². The summed E-state index contributed by atoms with van der Waals surface area (Å²) in [5.41, 5.74) is 2.67. The number of amides is 2. The van der Waals surface area contributed by atoms with Crippen LogP contribution in [0.1, 0.15) is 54.4 Å². The van der Waals surface area contributed by atoms with Gasteiger partial charge in [-0.2, -0.15) is 0 Å². The summed E-state index contributed by atoms with van der Waals surface area (Å²) in [7, 11) is -3.65. The molecule has 1 aliphatic carbocycles. The third-order valence-corrected chi connectivity index (χ3v) is 8.73. The largest absolute Gasteiger partial charge is 0.353 e. The predicted octanol–water partition coefficient (Wildman–Crippen LogP) is 4.36. The number of nitrogens with zero attached hydrogens (tertiary/aromatic N) is 3. The highest BCUT2D eigenvalue weighted by molar-refractivity contribution is 7.89. The zero-order valence-electron chi connectivity index (χ0n) is 21.6. The van der Waals surface area contributed by atoms with Crippen LogP contribution >= 0.6 is 23.2 Å². The molecule has 12 heteroatoms. The molecule has 9 nitrogen and oxygen atoms in total. The molecule has 0 unspecified atom stereocenters. The lowest BCUT2D eigenvalue weighted by molar-refractivity contribution is -0.126. The van der Waals surface area contributed by atoms with E-state index in [1.165, 1.54) is 12.8 Å². The molecule has 1 saturated heterocycles. The first-order chi connectivity index (χ1) is 18.6. The van der Waals surface area contributed by atoms with Gasteiger partial charge < -0.3 is 14.8 Å². The molecule has 2 amide bonds. The summed E-state index contributed by atoms with van der Waals surface area (Å²) in [4.78, 5) is 32.1. The molecule has 0 atom stereocenters. The van der Waals surface area contributed by atoms with E-state index in [2.05, 4.69) is 14.8 Å². The van der Waals surface area contributed by atoms with Crippen molar-refractivity contribution in [3.63, 3.8) is 0 Å². The first-order valence-corrected chi connectivity index (χ1v) is 15.7. The summed E-state index contributed by atoms with van der Waals surface area (Å²) < 4.78 is 26.8. The van der Waals surface area contributed by atoms with Crippen LogP contribution in [0, 0.1) is 5.92 Å². The van der Waals surface area contributed by atoms with E-state index in [-0.39, 0.29) is 17.4 Å². The topological polar surface area (TPSA) is 113 Å². The Bertz CT molecular complexity index is 1490. The fourth-order valence-corrected chi connectivity index (χ4v) is 6.18. The molecular weight excluding hydrogens is 561 g/mol. The molecule has 208 valence electrons. The summed E-state index contributed by atoms with van der Waals surface area (Å²) in [5.74, 6) is 0.235. The number of anilines is 1. The fourth-order valence-electron chi connectivity index (χ4n) is 5.41. The Morgan fingerprint density at radius 2 is 1.64 bits per heavy atom.